The van der Waals surface area contributed by atoms with E-state index in [9.17, 15) is 9.18 Å². The predicted octanol–water partition coefficient (Wildman–Crippen LogP) is 2.77. The molecule has 1 N–H and O–H groups in total. The SMILES string of the molecule is O=C(CC1CCNC1)c1cc(Br)ccc1F. The van der Waals surface area contributed by atoms with Crippen LogP contribution in [0.15, 0.2) is 22.7 Å². The van der Waals surface area contributed by atoms with Crippen LogP contribution in [0.4, 0.5) is 4.39 Å². The fraction of sp³-hybridized carbons (Fsp3) is 0.417. The number of rotatable bonds is 3. The van der Waals surface area contributed by atoms with E-state index >= 15 is 0 Å². The standard InChI is InChI=1S/C12H13BrFNO/c13-9-1-2-11(14)10(6-9)12(16)5-8-3-4-15-7-8/h1-2,6,8,15H,3-5,7H2. The highest BCUT2D eigenvalue weighted by Gasteiger charge is 2.20. The second kappa shape index (κ2) is 5.06. The number of ketones is 1. The molecule has 0 bridgehead atoms. The van der Waals surface area contributed by atoms with E-state index in [0.29, 0.717) is 12.3 Å². The van der Waals surface area contributed by atoms with E-state index in [1.165, 1.54) is 6.07 Å². The minimum atomic E-state index is -0.431. The summed E-state index contributed by atoms with van der Waals surface area (Å²) in [7, 11) is 0. The van der Waals surface area contributed by atoms with Crippen LogP contribution in [-0.4, -0.2) is 18.9 Å². The van der Waals surface area contributed by atoms with Gasteiger partial charge in [0.25, 0.3) is 0 Å². The molecule has 0 spiro atoms. The van der Waals surface area contributed by atoms with Crippen LogP contribution in [0.3, 0.4) is 0 Å². The minimum absolute atomic E-state index is 0.104. The average molecular weight is 286 g/mol. The fourth-order valence-electron chi connectivity index (χ4n) is 1.97. The van der Waals surface area contributed by atoms with Gasteiger partial charge in [-0.2, -0.15) is 0 Å². The van der Waals surface area contributed by atoms with E-state index in [2.05, 4.69) is 21.2 Å². The maximum Gasteiger partial charge on any atom is 0.166 e. The van der Waals surface area contributed by atoms with Crippen LogP contribution in [0, 0.1) is 11.7 Å². The van der Waals surface area contributed by atoms with Crippen molar-refractivity contribution in [2.24, 2.45) is 5.92 Å². The largest absolute Gasteiger partial charge is 0.316 e. The lowest BCUT2D eigenvalue weighted by Gasteiger charge is -2.08. The third kappa shape index (κ3) is 2.68. The van der Waals surface area contributed by atoms with E-state index in [4.69, 9.17) is 0 Å². The summed E-state index contributed by atoms with van der Waals surface area (Å²) in [6.07, 6.45) is 1.43. The molecule has 0 saturated carbocycles. The molecule has 2 rings (SSSR count). The number of hydrogen-bond donors (Lipinski definition) is 1. The first-order valence-corrected chi connectivity index (χ1v) is 6.15. The predicted molar refractivity (Wildman–Crippen MR) is 64.0 cm³/mol. The van der Waals surface area contributed by atoms with Gasteiger partial charge in [0.05, 0.1) is 5.56 Å². The zero-order chi connectivity index (χ0) is 11.5. The Morgan fingerprint density at radius 1 is 1.56 bits per heavy atom. The minimum Gasteiger partial charge on any atom is -0.316 e. The Morgan fingerprint density at radius 3 is 3.06 bits per heavy atom. The average Bonchev–Trinajstić information content (AvgIpc) is 2.74. The summed E-state index contributed by atoms with van der Waals surface area (Å²) in [5.41, 5.74) is 0.196. The van der Waals surface area contributed by atoms with E-state index < -0.39 is 5.82 Å². The maximum absolute atomic E-state index is 13.4. The highest BCUT2D eigenvalue weighted by Crippen LogP contribution is 2.20. The molecule has 1 aromatic carbocycles. The van der Waals surface area contributed by atoms with Crippen molar-refractivity contribution < 1.29 is 9.18 Å². The molecular formula is C12H13BrFNO. The van der Waals surface area contributed by atoms with Crippen molar-refractivity contribution >= 4 is 21.7 Å². The molecule has 4 heteroatoms. The lowest BCUT2D eigenvalue weighted by Crippen LogP contribution is -2.13. The molecule has 2 nitrogen and oxygen atoms in total. The van der Waals surface area contributed by atoms with Gasteiger partial charge in [-0.25, -0.2) is 4.39 Å². The van der Waals surface area contributed by atoms with E-state index in [0.717, 1.165) is 24.0 Å². The Hall–Kier alpha value is -0.740. The normalized spacial score (nSPS) is 20.0. The maximum atomic E-state index is 13.4. The van der Waals surface area contributed by atoms with Gasteiger partial charge >= 0.3 is 0 Å². The molecule has 1 saturated heterocycles. The van der Waals surface area contributed by atoms with Gasteiger partial charge in [-0.1, -0.05) is 15.9 Å². The molecule has 86 valence electrons. The zero-order valence-electron chi connectivity index (χ0n) is 8.80. The number of nitrogens with one attached hydrogen (secondary N) is 1. The van der Waals surface area contributed by atoms with Crippen molar-refractivity contribution in [3.63, 3.8) is 0 Å². The molecule has 0 amide bonds. The molecule has 1 atom stereocenters. The second-order valence-corrected chi connectivity index (χ2v) is 5.03. The highest BCUT2D eigenvalue weighted by atomic mass is 79.9. The van der Waals surface area contributed by atoms with Crippen LogP contribution >= 0.6 is 15.9 Å². The Kier molecular flexibility index (Phi) is 3.71. The van der Waals surface area contributed by atoms with Gasteiger partial charge in [0.1, 0.15) is 5.82 Å². The van der Waals surface area contributed by atoms with Crippen LogP contribution in [0.25, 0.3) is 0 Å². The van der Waals surface area contributed by atoms with Gasteiger partial charge in [0.2, 0.25) is 0 Å². The van der Waals surface area contributed by atoms with Gasteiger partial charge in [-0.15, -0.1) is 0 Å². The van der Waals surface area contributed by atoms with Crippen molar-refractivity contribution in [1.82, 2.24) is 5.32 Å². The number of carbonyl (C=O) groups excluding carboxylic acids is 1. The third-order valence-corrected chi connectivity index (χ3v) is 3.36. The second-order valence-electron chi connectivity index (χ2n) is 4.11. The van der Waals surface area contributed by atoms with Crippen molar-refractivity contribution in [2.75, 3.05) is 13.1 Å². The number of hydrogen-bond acceptors (Lipinski definition) is 2. The number of Topliss-reactive ketones (excluding diaryl/α,β-unsaturated/α-hetero) is 1. The van der Waals surface area contributed by atoms with Crippen LogP contribution in [0.2, 0.25) is 0 Å². The first kappa shape index (κ1) is 11.7. The first-order chi connectivity index (χ1) is 7.66. The summed E-state index contributed by atoms with van der Waals surface area (Å²) in [6.45, 7) is 1.82. The Morgan fingerprint density at radius 2 is 2.38 bits per heavy atom. The molecule has 0 aromatic heterocycles. The van der Waals surface area contributed by atoms with Crippen molar-refractivity contribution in [1.29, 1.82) is 0 Å². The van der Waals surface area contributed by atoms with Gasteiger partial charge in [-0.3, -0.25) is 4.79 Å². The molecule has 1 unspecified atom stereocenters. The summed E-state index contributed by atoms with van der Waals surface area (Å²) >= 11 is 3.25. The van der Waals surface area contributed by atoms with Crippen molar-refractivity contribution in [3.05, 3.63) is 34.1 Å². The van der Waals surface area contributed by atoms with E-state index in [1.807, 2.05) is 0 Å². The molecule has 1 heterocycles. The van der Waals surface area contributed by atoms with Crippen LogP contribution in [0.1, 0.15) is 23.2 Å². The quantitative estimate of drug-likeness (QED) is 0.866. The Bertz CT molecular complexity index is 402. The molecule has 0 aliphatic carbocycles. The van der Waals surface area contributed by atoms with E-state index in [-0.39, 0.29) is 11.3 Å². The Labute approximate surface area is 102 Å². The number of carbonyl (C=O) groups is 1. The number of halogens is 2. The molecule has 1 aliphatic rings. The zero-order valence-corrected chi connectivity index (χ0v) is 10.4. The smallest absolute Gasteiger partial charge is 0.166 e. The van der Waals surface area contributed by atoms with Gasteiger partial charge < -0.3 is 5.32 Å². The lowest BCUT2D eigenvalue weighted by molar-refractivity contribution is 0.0960. The molecule has 16 heavy (non-hydrogen) atoms. The molecule has 1 aromatic rings. The molecule has 1 fully saturated rings. The summed E-state index contributed by atoms with van der Waals surface area (Å²) < 4.78 is 14.2. The molecule has 1 aliphatic heterocycles. The highest BCUT2D eigenvalue weighted by molar-refractivity contribution is 9.10. The van der Waals surface area contributed by atoms with Gasteiger partial charge in [0, 0.05) is 10.9 Å². The van der Waals surface area contributed by atoms with E-state index in [1.54, 1.807) is 12.1 Å². The summed E-state index contributed by atoms with van der Waals surface area (Å²) in [6, 6.07) is 4.48. The van der Waals surface area contributed by atoms with Gasteiger partial charge in [0.15, 0.2) is 5.78 Å². The molecular weight excluding hydrogens is 273 g/mol. The summed E-state index contributed by atoms with van der Waals surface area (Å²) in [4.78, 5) is 11.9. The molecule has 0 radical (unpaired) electrons. The van der Waals surface area contributed by atoms with Crippen molar-refractivity contribution in [2.45, 2.75) is 12.8 Å². The Balaban J connectivity index is 2.10. The van der Waals surface area contributed by atoms with Gasteiger partial charge in [-0.05, 0) is 43.6 Å². The summed E-state index contributed by atoms with van der Waals surface area (Å²) in [5.74, 6) is -0.183. The fourth-order valence-corrected chi connectivity index (χ4v) is 2.33. The first-order valence-electron chi connectivity index (χ1n) is 5.36. The van der Waals surface area contributed by atoms with Crippen LogP contribution in [-0.2, 0) is 0 Å². The third-order valence-electron chi connectivity index (χ3n) is 2.87. The topological polar surface area (TPSA) is 29.1 Å². The van der Waals surface area contributed by atoms with Crippen LogP contribution in [0.5, 0.6) is 0 Å². The monoisotopic (exact) mass is 285 g/mol. The van der Waals surface area contributed by atoms with Crippen molar-refractivity contribution in [3.8, 4) is 0 Å². The van der Waals surface area contributed by atoms with Crippen LogP contribution < -0.4 is 5.32 Å². The summed E-state index contributed by atoms with van der Waals surface area (Å²) in [5, 5.41) is 3.20. The lowest BCUT2D eigenvalue weighted by atomic mass is 9.97. The number of benzene rings is 1.